The minimum Gasteiger partial charge on any atom is -0.325 e. The summed E-state index contributed by atoms with van der Waals surface area (Å²) in [5.74, 6) is -0.697. The molecule has 0 aliphatic rings. The molecule has 0 saturated heterocycles. The van der Waals surface area contributed by atoms with Crippen LogP contribution in [0.1, 0.15) is 31.7 Å². The SMILES string of the molecule is CCC(C)C(N)C(=O)Nc1ccc(-n2nc(C)cc2C)c(F)c1.Cl. The molecule has 1 amide bonds. The lowest BCUT2D eigenvalue weighted by molar-refractivity contribution is -0.118. The topological polar surface area (TPSA) is 72.9 Å². The van der Waals surface area contributed by atoms with Crippen LogP contribution in [0, 0.1) is 25.6 Å². The Hall–Kier alpha value is -1.92. The summed E-state index contributed by atoms with van der Waals surface area (Å²) < 4.78 is 15.9. The molecule has 2 atom stereocenters. The van der Waals surface area contributed by atoms with Crippen molar-refractivity contribution < 1.29 is 9.18 Å². The van der Waals surface area contributed by atoms with E-state index in [4.69, 9.17) is 5.73 Å². The quantitative estimate of drug-likeness (QED) is 0.864. The maximum Gasteiger partial charge on any atom is 0.241 e. The van der Waals surface area contributed by atoms with Crippen LogP contribution < -0.4 is 11.1 Å². The number of nitrogens with one attached hydrogen (secondary N) is 1. The number of hydrogen-bond donors (Lipinski definition) is 2. The zero-order valence-electron chi connectivity index (χ0n) is 14.3. The van der Waals surface area contributed by atoms with E-state index in [1.54, 1.807) is 16.8 Å². The molecule has 5 nitrogen and oxygen atoms in total. The van der Waals surface area contributed by atoms with Crippen LogP contribution >= 0.6 is 12.4 Å². The highest BCUT2D eigenvalue weighted by Crippen LogP contribution is 2.20. The van der Waals surface area contributed by atoms with E-state index in [0.29, 0.717) is 11.4 Å². The molecule has 2 unspecified atom stereocenters. The Bertz CT molecular complexity index is 717. The van der Waals surface area contributed by atoms with E-state index >= 15 is 0 Å². The number of halogens is 2. The summed E-state index contributed by atoms with van der Waals surface area (Å²) in [6.07, 6.45) is 0.805. The van der Waals surface area contributed by atoms with Gasteiger partial charge in [0.2, 0.25) is 5.91 Å². The number of aromatic nitrogens is 2. The van der Waals surface area contributed by atoms with E-state index in [-0.39, 0.29) is 24.2 Å². The monoisotopic (exact) mass is 354 g/mol. The van der Waals surface area contributed by atoms with E-state index in [1.807, 2.05) is 33.8 Å². The van der Waals surface area contributed by atoms with Crippen LogP contribution in [-0.2, 0) is 4.79 Å². The van der Waals surface area contributed by atoms with Gasteiger partial charge in [-0.25, -0.2) is 9.07 Å². The number of carbonyl (C=O) groups excluding carboxylic acids is 1. The predicted octanol–water partition coefficient (Wildman–Crippen LogP) is 3.36. The first-order chi connectivity index (χ1) is 10.8. The lowest BCUT2D eigenvalue weighted by Crippen LogP contribution is -2.40. The third-order valence-corrected chi connectivity index (χ3v) is 4.01. The molecule has 0 aliphatic heterocycles. The van der Waals surface area contributed by atoms with Crippen molar-refractivity contribution in [3.8, 4) is 5.69 Å². The molecule has 2 rings (SSSR count). The van der Waals surface area contributed by atoms with Crippen LogP contribution in [0.2, 0.25) is 0 Å². The number of amides is 1. The van der Waals surface area contributed by atoms with Crippen LogP contribution in [0.4, 0.5) is 10.1 Å². The zero-order valence-corrected chi connectivity index (χ0v) is 15.2. The van der Waals surface area contributed by atoms with Crippen LogP contribution in [-0.4, -0.2) is 21.7 Å². The Morgan fingerprint density at radius 2 is 2.04 bits per heavy atom. The second kappa shape index (κ2) is 8.26. The Balaban J connectivity index is 0.00000288. The molecule has 0 saturated carbocycles. The number of carbonyl (C=O) groups is 1. The van der Waals surface area contributed by atoms with E-state index < -0.39 is 11.9 Å². The third-order valence-electron chi connectivity index (χ3n) is 4.01. The fraction of sp³-hybridized carbons (Fsp3) is 0.412. The normalized spacial score (nSPS) is 13.1. The molecule has 0 radical (unpaired) electrons. The molecular weight excluding hydrogens is 331 g/mol. The molecule has 24 heavy (non-hydrogen) atoms. The van der Waals surface area contributed by atoms with Gasteiger partial charge in [0, 0.05) is 11.4 Å². The number of aryl methyl sites for hydroxylation is 2. The molecule has 2 aromatic rings. The van der Waals surface area contributed by atoms with Gasteiger partial charge in [0.1, 0.15) is 5.69 Å². The number of hydrogen-bond acceptors (Lipinski definition) is 3. The number of nitrogens with zero attached hydrogens (tertiary/aromatic N) is 2. The van der Waals surface area contributed by atoms with Crippen LogP contribution in [0.3, 0.4) is 0 Å². The first-order valence-corrected chi connectivity index (χ1v) is 7.73. The molecule has 132 valence electrons. The highest BCUT2D eigenvalue weighted by molar-refractivity contribution is 5.94. The van der Waals surface area contributed by atoms with Gasteiger partial charge in [-0.3, -0.25) is 4.79 Å². The summed E-state index contributed by atoms with van der Waals surface area (Å²) in [5, 5.41) is 6.93. The lowest BCUT2D eigenvalue weighted by Gasteiger charge is -2.18. The van der Waals surface area contributed by atoms with Crippen molar-refractivity contribution in [2.24, 2.45) is 11.7 Å². The largest absolute Gasteiger partial charge is 0.325 e. The minimum absolute atomic E-state index is 0. The van der Waals surface area contributed by atoms with Gasteiger partial charge >= 0.3 is 0 Å². The lowest BCUT2D eigenvalue weighted by atomic mass is 9.99. The average molecular weight is 355 g/mol. The molecule has 1 aromatic carbocycles. The Morgan fingerprint density at radius 1 is 1.38 bits per heavy atom. The number of anilines is 1. The summed E-state index contributed by atoms with van der Waals surface area (Å²) in [4.78, 5) is 12.1. The predicted molar refractivity (Wildman–Crippen MR) is 96.3 cm³/mol. The van der Waals surface area contributed by atoms with Gasteiger partial charge in [0.05, 0.1) is 11.7 Å². The summed E-state index contributed by atoms with van der Waals surface area (Å²) in [5.41, 5.74) is 8.28. The average Bonchev–Trinajstić information content (AvgIpc) is 2.84. The van der Waals surface area contributed by atoms with Gasteiger partial charge in [-0.2, -0.15) is 5.10 Å². The molecule has 0 bridgehead atoms. The smallest absolute Gasteiger partial charge is 0.241 e. The first-order valence-electron chi connectivity index (χ1n) is 7.73. The fourth-order valence-electron chi connectivity index (χ4n) is 2.37. The summed E-state index contributed by atoms with van der Waals surface area (Å²) in [7, 11) is 0. The van der Waals surface area contributed by atoms with Crippen molar-refractivity contribution in [1.82, 2.24) is 9.78 Å². The minimum atomic E-state index is -0.612. The number of rotatable bonds is 5. The van der Waals surface area contributed by atoms with Crippen molar-refractivity contribution in [2.45, 2.75) is 40.2 Å². The number of nitrogens with two attached hydrogens (primary N) is 1. The molecule has 0 spiro atoms. The van der Waals surface area contributed by atoms with Gasteiger partial charge in [-0.15, -0.1) is 12.4 Å². The van der Waals surface area contributed by atoms with Crippen molar-refractivity contribution in [1.29, 1.82) is 0 Å². The van der Waals surface area contributed by atoms with E-state index in [1.165, 1.54) is 6.07 Å². The second-order valence-corrected chi connectivity index (χ2v) is 5.91. The van der Waals surface area contributed by atoms with Gasteiger partial charge in [0.25, 0.3) is 0 Å². The fourth-order valence-corrected chi connectivity index (χ4v) is 2.37. The Morgan fingerprint density at radius 3 is 2.54 bits per heavy atom. The first kappa shape index (κ1) is 20.1. The van der Waals surface area contributed by atoms with Crippen molar-refractivity contribution in [2.75, 3.05) is 5.32 Å². The van der Waals surface area contributed by atoms with E-state index in [9.17, 15) is 9.18 Å². The van der Waals surface area contributed by atoms with Gasteiger partial charge in [-0.05, 0) is 44.0 Å². The van der Waals surface area contributed by atoms with Gasteiger partial charge in [-0.1, -0.05) is 20.3 Å². The van der Waals surface area contributed by atoms with Gasteiger partial charge < -0.3 is 11.1 Å². The Labute approximate surface area is 147 Å². The standard InChI is InChI=1S/C17H23FN4O.ClH/c1-5-10(2)16(19)17(23)20-13-6-7-15(14(18)9-13)22-12(4)8-11(3)21-22;/h6-10,16H,5,19H2,1-4H3,(H,20,23);1H. The molecular formula is C17H24ClFN4O. The van der Waals surface area contributed by atoms with Crippen LogP contribution in [0.5, 0.6) is 0 Å². The molecule has 3 N–H and O–H groups in total. The molecule has 7 heteroatoms. The molecule has 0 fully saturated rings. The van der Waals surface area contributed by atoms with E-state index in [2.05, 4.69) is 10.4 Å². The maximum atomic E-state index is 14.4. The Kier molecular flexibility index (Phi) is 6.93. The van der Waals surface area contributed by atoms with Crippen molar-refractivity contribution in [3.63, 3.8) is 0 Å². The van der Waals surface area contributed by atoms with Crippen LogP contribution in [0.15, 0.2) is 24.3 Å². The van der Waals surface area contributed by atoms with Crippen molar-refractivity contribution in [3.05, 3.63) is 41.5 Å². The van der Waals surface area contributed by atoms with Crippen molar-refractivity contribution >= 4 is 24.0 Å². The van der Waals surface area contributed by atoms with Gasteiger partial charge in [0.15, 0.2) is 5.82 Å². The molecule has 0 aliphatic carbocycles. The van der Waals surface area contributed by atoms with Crippen LogP contribution in [0.25, 0.3) is 5.69 Å². The summed E-state index contributed by atoms with van der Waals surface area (Å²) in [6.45, 7) is 7.60. The third kappa shape index (κ3) is 4.33. The van der Waals surface area contributed by atoms with E-state index in [0.717, 1.165) is 17.8 Å². The zero-order chi connectivity index (χ0) is 17.1. The summed E-state index contributed by atoms with van der Waals surface area (Å²) >= 11 is 0. The number of benzene rings is 1. The highest BCUT2D eigenvalue weighted by atomic mass is 35.5. The summed E-state index contributed by atoms with van der Waals surface area (Å²) in [6, 6.07) is 5.79. The molecule has 1 aromatic heterocycles. The second-order valence-electron chi connectivity index (χ2n) is 5.91. The molecule has 1 heterocycles. The highest BCUT2D eigenvalue weighted by Gasteiger charge is 2.20. The maximum absolute atomic E-state index is 14.4.